The van der Waals surface area contributed by atoms with E-state index in [0.29, 0.717) is 0 Å². The Morgan fingerprint density at radius 3 is 1.78 bits per heavy atom. The quantitative estimate of drug-likeness (QED) is 0.568. The summed E-state index contributed by atoms with van der Waals surface area (Å²) < 4.78 is 4.70. The molecule has 3 nitrogen and oxygen atoms in total. The smallest absolute Gasteiger partial charge is 0.412 e. The van der Waals surface area contributed by atoms with E-state index in [1.807, 2.05) is 20.8 Å². The van der Waals surface area contributed by atoms with Gasteiger partial charge in [0.1, 0.15) is 0 Å². The first-order valence-electron chi connectivity index (χ1n) is 2.36. The number of hydrogen-bond donors (Lipinski definition) is 0. The summed E-state index contributed by atoms with van der Waals surface area (Å²) in [6, 6.07) is 0. The SMILES string of the molecule is CC(C)(C)O[C](=O)[Sn].O. The summed E-state index contributed by atoms with van der Waals surface area (Å²) in [5.41, 5.74) is -0.305. The van der Waals surface area contributed by atoms with Crippen LogP contribution in [-0.2, 0) is 4.74 Å². The summed E-state index contributed by atoms with van der Waals surface area (Å²) in [7, 11) is 0. The van der Waals surface area contributed by atoms with Gasteiger partial charge in [-0.1, -0.05) is 0 Å². The van der Waals surface area contributed by atoms with Crippen molar-refractivity contribution in [2.45, 2.75) is 26.4 Å². The number of ether oxygens (including phenoxy) is 1. The van der Waals surface area contributed by atoms with E-state index >= 15 is 0 Å². The van der Waals surface area contributed by atoms with Gasteiger partial charge in [-0.05, 0) is 0 Å². The Hall–Kier alpha value is 0.229. The maximum atomic E-state index is 10.3. The second kappa shape index (κ2) is 4.11. The van der Waals surface area contributed by atoms with Crippen LogP contribution < -0.4 is 0 Å². The van der Waals surface area contributed by atoms with Crippen LogP contribution in [0, 0.1) is 0 Å². The Balaban J connectivity index is 0. The number of rotatable bonds is 0. The van der Waals surface area contributed by atoms with Crippen molar-refractivity contribution in [3.63, 3.8) is 0 Å². The van der Waals surface area contributed by atoms with Crippen LogP contribution in [0.2, 0.25) is 0 Å². The second-order valence-electron chi connectivity index (χ2n) is 2.50. The van der Waals surface area contributed by atoms with Gasteiger partial charge in [0.05, 0.1) is 0 Å². The van der Waals surface area contributed by atoms with Crippen LogP contribution in [0.5, 0.6) is 0 Å². The van der Waals surface area contributed by atoms with Crippen LogP contribution in [0.1, 0.15) is 20.8 Å². The van der Waals surface area contributed by atoms with Crippen molar-refractivity contribution in [2.75, 3.05) is 0 Å². The molecule has 0 heterocycles. The Kier molecular flexibility index (Phi) is 5.46. The van der Waals surface area contributed by atoms with Crippen molar-refractivity contribution in [2.24, 2.45) is 0 Å². The molecule has 53 valence electrons. The van der Waals surface area contributed by atoms with Gasteiger partial charge in [-0.2, -0.15) is 0 Å². The zero-order valence-electron chi connectivity index (χ0n) is 5.82. The van der Waals surface area contributed by atoms with E-state index in [2.05, 4.69) is 0 Å². The maximum absolute atomic E-state index is 10.3. The van der Waals surface area contributed by atoms with Crippen LogP contribution in [0.25, 0.3) is 0 Å². The molecule has 0 aromatic heterocycles. The molecule has 0 saturated heterocycles. The minimum atomic E-state index is -0.305. The third-order valence-corrected chi connectivity index (χ3v) is 0.690. The molecule has 2 N–H and O–H groups in total. The first-order chi connectivity index (χ1) is 3.42. The molecule has 0 aromatic carbocycles. The van der Waals surface area contributed by atoms with Gasteiger partial charge in [0.2, 0.25) is 0 Å². The van der Waals surface area contributed by atoms with E-state index in [-0.39, 0.29) is 15.1 Å². The van der Waals surface area contributed by atoms with Crippen molar-refractivity contribution in [3.05, 3.63) is 0 Å². The summed E-state index contributed by atoms with van der Waals surface area (Å²) in [6.45, 7) is 5.57. The molecule has 0 amide bonds. The summed E-state index contributed by atoms with van der Waals surface area (Å²) >= 11 is 0.812. The molecule has 0 saturated carbocycles. The fraction of sp³-hybridized carbons (Fsp3) is 0.800. The molecule has 0 atom stereocenters. The number of carbonyl (C=O) groups is 1. The fourth-order valence-corrected chi connectivity index (χ4v) is 1.15. The molecule has 0 rings (SSSR count). The summed E-state index contributed by atoms with van der Waals surface area (Å²) in [5, 5.41) is 0. The third-order valence-electron chi connectivity index (χ3n) is 0.399. The van der Waals surface area contributed by atoms with Crippen LogP contribution in [0.4, 0.5) is 4.79 Å². The first-order valence-corrected chi connectivity index (χ1v) is 3.79. The van der Waals surface area contributed by atoms with Crippen molar-refractivity contribution in [3.8, 4) is 0 Å². The molecule has 0 fully saturated rings. The van der Waals surface area contributed by atoms with Gasteiger partial charge < -0.3 is 5.48 Å². The molecule has 0 unspecified atom stereocenters. The molecular weight excluding hydrogens is 227 g/mol. The van der Waals surface area contributed by atoms with E-state index in [4.69, 9.17) is 4.74 Å². The molecule has 0 bridgehead atoms. The zero-order valence-corrected chi connectivity index (χ0v) is 8.67. The van der Waals surface area contributed by atoms with Crippen LogP contribution in [0.15, 0.2) is 0 Å². The van der Waals surface area contributed by atoms with E-state index in [1.165, 1.54) is 0 Å². The van der Waals surface area contributed by atoms with Crippen LogP contribution in [0.3, 0.4) is 0 Å². The minimum Gasteiger partial charge on any atom is -0.412 e. The molecule has 0 aliphatic carbocycles. The van der Waals surface area contributed by atoms with Gasteiger partial charge in [-0.15, -0.1) is 0 Å². The second-order valence-corrected chi connectivity index (χ2v) is 3.67. The Morgan fingerprint density at radius 1 is 1.44 bits per heavy atom. The van der Waals surface area contributed by atoms with E-state index in [0.717, 1.165) is 22.5 Å². The van der Waals surface area contributed by atoms with Crippen molar-refractivity contribution in [1.82, 2.24) is 0 Å². The average molecular weight is 238 g/mol. The molecule has 0 aliphatic heterocycles. The van der Waals surface area contributed by atoms with E-state index < -0.39 is 0 Å². The topological polar surface area (TPSA) is 57.8 Å². The van der Waals surface area contributed by atoms with Crippen molar-refractivity contribution in [1.29, 1.82) is 0 Å². The predicted molar refractivity (Wildman–Crippen MR) is 35.6 cm³/mol. The Morgan fingerprint density at radius 2 is 1.78 bits per heavy atom. The fourth-order valence-electron chi connectivity index (χ4n) is 0.278. The molecule has 9 heavy (non-hydrogen) atoms. The van der Waals surface area contributed by atoms with Crippen LogP contribution in [-0.4, -0.2) is 37.6 Å². The standard InChI is InChI=1S/C5H9O2.H2O.Sn/c1-5(2,3)7-4-6;;/h1-3H3;1H2;. The van der Waals surface area contributed by atoms with Gasteiger partial charge in [-0.3, -0.25) is 0 Å². The van der Waals surface area contributed by atoms with Crippen LogP contribution >= 0.6 is 0 Å². The van der Waals surface area contributed by atoms with Crippen molar-refractivity contribution >= 4 is 26.5 Å². The average Bonchev–Trinajstić information content (AvgIpc) is 1.21. The summed E-state index contributed by atoms with van der Waals surface area (Å²) in [5.74, 6) is 0. The summed E-state index contributed by atoms with van der Waals surface area (Å²) in [6.07, 6.45) is 0. The largest absolute Gasteiger partial charge is 0.412 e. The van der Waals surface area contributed by atoms with Crippen molar-refractivity contribution < 1.29 is 15.0 Å². The van der Waals surface area contributed by atoms with Gasteiger partial charge in [0.15, 0.2) is 0 Å². The molecule has 0 spiro atoms. The maximum Gasteiger partial charge on any atom is -0.412 e. The summed E-state index contributed by atoms with van der Waals surface area (Å²) in [4.78, 5) is 10.3. The Labute approximate surface area is 68.2 Å². The molecule has 3 radical (unpaired) electrons. The van der Waals surface area contributed by atoms with E-state index in [1.54, 1.807) is 0 Å². The third kappa shape index (κ3) is 11.7. The molecule has 4 heteroatoms. The predicted octanol–water partition coefficient (Wildman–Crippen LogP) is 0.265. The number of hydrogen-bond acceptors (Lipinski definition) is 2. The first kappa shape index (κ1) is 12.0. The minimum absolute atomic E-state index is 0. The van der Waals surface area contributed by atoms with Gasteiger partial charge in [0, 0.05) is 0 Å². The van der Waals surface area contributed by atoms with E-state index in [9.17, 15) is 4.79 Å². The van der Waals surface area contributed by atoms with Gasteiger partial charge >= 0.3 is 62.4 Å². The van der Waals surface area contributed by atoms with Gasteiger partial charge in [0.25, 0.3) is 0 Å². The van der Waals surface area contributed by atoms with Gasteiger partial charge in [-0.25, -0.2) is 0 Å². The Bertz CT molecular complexity index is 94.9. The normalized spacial score (nSPS) is 9.78. The molecule has 0 aliphatic rings. The monoisotopic (exact) mass is 239 g/mol. The zero-order chi connectivity index (χ0) is 6.78. The molecule has 0 aromatic rings. The number of carbonyl (C=O) groups excluding carboxylic acids is 1. The molecular formula is C5H11O3Sn.